The van der Waals surface area contributed by atoms with E-state index in [1.807, 2.05) is 25.1 Å². The maximum absolute atomic E-state index is 12.3. The molecule has 0 aliphatic rings. The number of likely N-dealkylation sites (N-methyl/N-ethyl adjacent to an activating group) is 1. The first-order valence-corrected chi connectivity index (χ1v) is 7.49. The third-order valence-corrected chi connectivity index (χ3v) is 3.57. The second-order valence-electron chi connectivity index (χ2n) is 5.37. The minimum atomic E-state index is -0.0472. The van der Waals surface area contributed by atoms with Crippen LogP contribution < -0.4 is 4.74 Å². The zero-order chi connectivity index (χ0) is 16.1. The number of aromatic nitrogens is 2. The lowest BCUT2D eigenvalue weighted by Gasteiger charge is -2.17. The zero-order valence-electron chi connectivity index (χ0n) is 13.7. The van der Waals surface area contributed by atoms with Gasteiger partial charge >= 0.3 is 0 Å². The van der Waals surface area contributed by atoms with Gasteiger partial charge in [0, 0.05) is 14.1 Å². The van der Waals surface area contributed by atoms with Gasteiger partial charge in [-0.2, -0.15) is 5.10 Å². The van der Waals surface area contributed by atoms with Crippen molar-refractivity contribution < 1.29 is 9.53 Å². The van der Waals surface area contributed by atoms with Crippen LogP contribution in [0.4, 0.5) is 0 Å². The summed E-state index contributed by atoms with van der Waals surface area (Å²) in [6.45, 7) is 4.98. The van der Waals surface area contributed by atoms with Crippen molar-refractivity contribution >= 4 is 5.91 Å². The molecule has 118 valence electrons. The van der Waals surface area contributed by atoms with Crippen molar-refractivity contribution in [1.29, 1.82) is 0 Å². The van der Waals surface area contributed by atoms with Crippen LogP contribution in [0.3, 0.4) is 0 Å². The molecule has 0 aliphatic carbocycles. The lowest BCUT2D eigenvalue weighted by atomic mass is 10.2. The molecular weight excluding hydrogens is 278 g/mol. The average Bonchev–Trinajstić information content (AvgIpc) is 2.85. The predicted octanol–water partition coefficient (Wildman–Crippen LogP) is 2.44. The van der Waals surface area contributed by atoms with Gasteiger partial charge < -0.3 is 9.64 Å². The van der Waals surface area contributed by atoms with E-state index in [1.165, 1.54) is 5.56 Å². The Balaban J connectivity index is 1.88. The molecule has 1 amide bonds. The third kappa shape index (κ3) is 3.87. The quantitative estimate of drug-likeness (QED) is 0.823. The molecule has 2 aromatic rings. The number of rotatable bonds is 6. The number of carbonyl (C=O) groups is 1. The number of benzene rings is 1. The van der Waals surface area contributed by atoms with E-state index in [9.17, 15) is 4.79 Å². The minimum absolute atomic E-state index is 0.0472. The second-order valence-corrected chi connectivity index (χ2v) is 5.37. The number of amides is 1. The van der Waals surface area contributed by atoms with Gasteiger partial charge in [-0.25, -0.2) is 0 Å². The number of aryl methyl sites for hydroxylation is 3. The summed E-state index contributed by atoms with van der Waals surface area (Å²) in [5.74, 6) is 0.797. The topological polar surface area (TPSA) is 47.4 Å². The average molecular weight is 301 g/mol. The fourth-order valence-corrected chi connectivity index (χ4v) is 2.26. The molecule has 0 saturated carbocycles. The van der Waals surface area contributed by atoms with E-state index in [2.05, 4.69) is 18.1 Å². The number of hydrogen-bond donors (Lipinski definition) is 0. The molecule has 0 saturated heterocycles. The normalized spacial score (nSPS) is 10.5. The summed E-state index contributed by atoms with van der Waals surface area (Å²) in [6, 6.07) is 9.83. The van der Waals surface area contributed by atoms with E-state index < -0.39 is 0 Å². The van der Waals surface area contributed by atoms with Crippen LogP contribution in [-0.4, -0.2) is 40.8 Å². The maximum Gasteiger partial charge on any atom is 0.271 e. The number of carbonyl (C=O) groups excluding carboxylic acids is 1. The Morgan fingerprint density at radius 3 is 2.77 bits per heavy atom. The Morgan fingerprint density at radius 2 is 2.14 bits per heavy atom. The van der Waals surface area contributed by atoms with Crippen molar-refractivity contribution in [1.82, 2.24) is 14.7 Å². The number of hydrogen-bond acceptors (Lipinski definition) is 3. The summed E-state index contributed by atoms with van der Waals surface area (Å²) in [4.78, 5) is 14.0. The van der Waals surface area contributed by atoms with Crippen molar-refractivity contribution in [3.63, 3.8) is 0 Å². The molecule has 22 heavy (non-hydrogen) atoms. The van der Waals surface area contributed by atoms with E-state index in [0.717, 1.165) is 17.9 Å². The van der Waals surface area contributed by atoms with Gasteiger partial charge in [-0.3, -0.25) is 9.48 Å². The lowest BCUT2D eigenvalue weighted by molar-refractivity contribution is 0.0763. The van der Waals surface area contributed by atoms with Crippen LogP contribution in [0.5, 0.6) is 5.75 Å². The summed E-state index contributed by atoms with van der Waals surface area (Å²) in [5, 5.41) is 4.20. The predicted molar refractivity (Wildman–Crippen MR) is 86.2 cm³/mol. The maximum atomic E-state index is 12.3. The Hall–Kier alpha value is -2.30. The highest BCUT2D eigenvalue weighted by molar-refractivity contribution is 5.92. The standard InChI is InChI=1S/C17H23N3O2/c1-5-14-7-6-8-15(12-14)22-10-9-19(3)17(21)16-11-13(2)18-20(16)4/h6-8,11-12H,5,9-10H2,1-4H3. The van der Waals surface area contributed by atoms with Crippen molar-refractivity contribution in [3.8, 4) is 5.75 Å². The summed E-state index contributed by atoms with van der Waals surface area (Å²) in [5.41, 5.74) is 2.67. The molecule has 0 unspecified atom stereocenters. The van der Waals surface area contributed by atoms with Gasteiger partial charge in [-0.15, -0.1) is 0 Å². The Kier molecular flexibility index (Phi) is 5.20. The SMILES string of the molecule is CCc1cccc(OCCN(C)C(=O)c2cc(C)nn2C)c1. The van der Waals surface area contributed by atoms with E-state index in [0.29, 0.717) is 18.8 Å². The fourth-order valence-electron chi connectivity index (χ4n) is 2.26. The molecule has 0 N–H and O–H groups in total. The summed E-state index contributed by atoms with van der Waals surface area (Å²) in [6.07, 6.45) is 0.982. The first kappa shape index (κ1) is 16.1. The van der Waals surface area contributed by atoms with Crippen LogP contribution in [0.2, 0.25) is 0 Å². The van der Waals surface area contributed by atoms with Crippen LogP contribution >= 0.6 is 0 Å². The van der Waals surface area contributed by atoms with Crippen molar-refractivity contribution in [3.05, 3.63) is 47.3 Å². The molecule has 5 heteroatoms. The van der Waals surface area contributed by atoms with E-state index >= 15 is 0 Å². The number of ether oxygens (including phenoxy) is 1. The van der Waals surface area contributed by atoms with Crippen LogP contribution in [0.1, 0.15) is 28.7 Å². The monoisotopic (exact) mass is 301 g/mol. The van der Waals surface area contributed by atoms with Crippen LogP contribution in [0, 0.1) is 6.92 Å². The Morgan fingerprint density at radius 1 is 1.36 bits per heavy atom. The molecule has 0 atom stereocenters. The lowest BCUT2D eigenvalue weighted by Crippen LogP contribution is -2.32. The fraction of sp³-hybridized carbons (Fsp3) is 0.412. The first-order valence-electron chi connectivity index (χ1n) is 7.49. The molecule has 1 aromatic heterocycles. The van der Waals surface area contributed by atoms with E-state index in [-0.39, 0.29) is 5.91 Å². The summed E-state index contributed by atoms with van der Waals surface area (Å²) >= 11 is 0. The first-order chi connectivity index (χ1) is 10.5. The molecule has 0 fully saturated rings. The van der Waals surface area contributed by atoms with E-state index in [4.69, 9.17) is 4.74 Å². The number of nitrogens with zero attached hydrogens (tertiary/aromatic N) is 3. The van der Waals surface area contributed by atoms with E-state index in [1.54, 1.807) is 29.7 Å². The van der Waals surface area contributed by atoms with Crippen LogP contribution in [-0.2, 0) is 13.5 Å². The van der Waals surface area contributed by atoms with Crippen molar-refractivity contribution in [2.45, 2.75) is 20.3 Å². The van der Waals surface area contributed by atoms with Gasteiger partial charge in [0.2, 0.25) is 0 Å². The second kappa shape index (κ2) is 7.11. The molecule has 1 heterocycles. The molecule has 2 rings (SSSR count). The molecule has 0 spiro atoms. The Labute approximate surface area is 131 Å². The highest BCUT2D eigenvalue weighted by Gasteiger charge is 2.16. The molecule has 5 nitrogen and oxygen atoms in total. The molecule has 0 radical (unpaired) electrons. The van der Waals surface area contributed by atoms with Gasteiger partial charge in [0.05, 0.1) is 12.2 Å². The molecule has 1 aromatic carbocycles. The highest BCUT2D eigenvalue weighted by atomic mass is 16.5. The summed E-state index contributed by atoms with van der Waals surface area (Å²) < 4.78 is 7.34. The van der Waals surface area contributed by atoms with Gasteiger partial charge in [-0.05, 0) is 37.1 Å². The Bertz CT molecular complexity index is 649. The van der Waals surface area contributed by atoms with Gasteiger partial charge in [0.15, 0.2) is 0 Å². The van der Waals surface area contributed by atoms with Crippen molar-refractivity contribution in [2.24, 2.45) is 7.05 Å². The van der Waals surface area contributed by atoms with Crippen LogP contribution in [0.15, 0.2) is 30.3 Å². The minimum Gasteiger partial charge on any atom is -0.492 e. The van der Waals surface area contributed by atoms with Gasteiger partial charge in [-0.1, -0.05) is 19.1 Å². The van der Waals surface area contributed by atoms with Crippen molar-refractivity contribution in [2.75, 3.05) is 20.2 Å². The largest absolute Gasteiger partial charge is 0.492 e. The third-order valence-electron chi connectivity index (χ3n) is 3.57. The zero-order valence-corrected chi connectivity index (χ0v) is 13.7. The molecular formula is C17H23N3O2. The summed E-state index contributed by atoms with van der Waals surface area (Å²) in [7, 11) is 3.55. The smallest absolute Gasteiger partial charge is 0.271 e. The van der Waals surface area contributed by atoms with Crippen LogP contribution in [0.25, 0.3) is 0 Å². The highest BCUT2D eigenvalue weighted by Crippen LogP contribution is 2.13. The molecule has 0 bridgehead atoms. The van der Waals surface area contributed by atoms with Gasteiger partial charge in [0.1, 0.15) is 18.1 Å². The molecule has 0 aliphatic heterocycles. The van der Waals surface area contributed by atoms with Gasteiger partial charge in [0.25, 0.3) is 5.91 Å².